The number of amides is 1. The van der Waals surface area contributed by atoms with Gasteiger partial charge < -0.3 is 15.8 Å². The van der Waals surface area contributed by atoms with Gasteiger partial charge in [-0.3, -0.25) is 9.48 Å². The normalized spacial score (nSPS) is 12.0. The molecule has 0 fully saturated rings. The number of nitrogens with two attached hydrogens (primary N) is 1. The Hall–Kier alpha value is -2.05. The highest BCUT2D eigenvalue weighted by atomic mass is 16.5. The molecule has 0 aliphatic carbocycles. The van der Waals surface area contributed by atoms with Gasteiger partial charge in [-0.15, -0.1) is 0 Å². The second kappa shape index (κ2) is 6.93. The lowest BCUT2D eigenvalue weighted by atomic mass is 10.2. The van der Waals surface area contributed by atoms with Gasteiger partial charge in [0.15, 0.2) is 12.3 Å². The van der Waals surface area contributed by atoms with Crippen LogP contribution in [-0.4, -0.2) is 34.3 Å². The largest absolute Gasteiger partial charge is 0.451 e. The zero-order valence-corrected chi connectivity index (χ0v) is 12.4. The minimum Gasteiger partial charge on any atom is -0.451 e. The molecule has 7 nitrogen and oxygen atoms in total. The molecule has 0 aliphatic heterocycles. The molecule has 0 bridgehead atoms. The first-order chi connectivity index (χ1) is 9.40. The van der Waals surface area contributed by atoms with Crippen molar-refractivity contribution in [2.45, 2.75) is 39.7 Å². The molecule has 0 saturated heterocycles. The van der Waals surface area contributed by atoms with E-state index in [1.54, 1.807) is 7.05 Å². The molecule has 0 radical (unpaired) electrons. The van der Waals surface area contributed by atoms with Crippen LogP contribution in [0.4, 0.5) is 5.69 Å². The van der Waals surface area contributed by atoms with Gasteiger partial charge in [-0.05, 0) is 19.8 Å². The Kier molecular flexibility index (Phi) is 5.54. The zero-order valence-electron chi connectivity index (χ0n) is 12.4. The molecule has 1 aromatic heterocycles. The van der Waals surface area contributed by atoms with Crippen LogP contribution in [0.25, 0.3) is 0 Å². The SMILES string of the molecule is CCc1nn(C)c(C(=O)OCC(=O)NC(C)CC)c1N. The molecule has 1 unspecified atom stereocenters. The van der Waals surface area contributed by atoms with Crippen LogP contribution < -0.4 is 11.1 Å². The fourth-order valence-electron chi connectivity index (χ4n) is 1.72. The molecule has 1 atom stereocenters. The Morgan fingerprint density at radius 2 is 2.10 bits per heavy atom. The van der Waals surface area contributed by atoms with Crippen LogP contribution in [-0.2, 0) is 23.0 Å². The fourth-order valence-corrected chi connectivity index (χ4v) is 1.72. The number of aromatic nitrogens is 2. The third-order valence-corrected chi connectivity index (χ3v) is 3.04. The average Bonchev–Trinajstić information content (AvgIpc) is 2.70. The second-order valence-electron chi connectivity index (χ2n) is 4.64. The standard InChI is InChI=1S/C13H22N4O3/c1-5-8(3)15-10(18)7-20-13(19)12-11(14)9(6-2)16-17(12)4/h8H,5-7,14H2,1-4H3,(H,15,18). The number of aryl methyl sites for hydroxylation is 2. The van der Waals surface area contributed by atoms with Gasteiger partial charge in [-0.2, -0.15) is 5.10 Å². The lowest BCUT2D eigenvalue weighted by Crippen LogP contribution is -2.35. The van der Waals surface area contributed by atoms with Crippen LogP contribution in [0.15, 0.2) is 0 Å². The van der Waals surface area contributed by atoms with Crippen LogP contribution >= 0.6 is 0 Å². The third kappa shape index (κ3) is 3.72. The Morgan fingerprint density at radius 1 is 1.45 bits per heavy atom. The van der Waals surface area contributed by atoms with Crippen molar-refractivity contribution in [2.75, 3.05) is 12.3 Å². The third-order valence-electron chi connectivity index (χ3n) is 3.04. The van der Waals surface area contributed by atoms with E-state index in [1.807, 2.05) is 20.8 Å². The summed E-state index contributed by atoms with van der Waals surface area (Å²) in [5.41, 5.74) is 6.97. The summed E-state index contributed by atoms with van der Waals surface area (Å²) < 4.78 is 6.34. The monoisotopic (exact) mass is 282 g/mol. The molecule has 1 aromatic rings. The molecular formula is C13H22N4O3. The molecule has 7 heteroatoms. The van der Waals surface area contributed by atoms with Gasteiger partial charge in [0.1, 0.15) is 0 Å². The predicted molar refractivity (Wildman–Crippen MR) is 75.2 cm³/mol. The smallest absolute Gasteiger partial charge is 0.359 e. The zero-order chi connectivity index (χ0) is 15.3. The first-order valence-corrected chi connectivity index (χ1v) is 6.68. The summed E-state index contributed by atoms with van der Waals surface area (Å²) >= 11 is 0. The molecule has 1 rings (SSSR count). The Balaban J connectivity index is 2.64. The van der Waals surface area contributed by atoms with Crippen molar-refractivity contribution >= 4 is 17.6 Å². The van der Waals surface area contributed by atoms with E-state index in [2.05, 4.69) is 10.4 Å². The number of rotatable bonds is 6. The van der Waals surface area contributed by atoms with E-state index in [0.29, 0.717) is 17.8 Å². The molecule has 1 amide bonds. The van der Waals surface area contributed by atoms with E-state index in [-0.39, 0.29) is 24.2 Å². The number of carbonyl (C=O) groups excluding carboxylic acids is 2. The molecule has 0 spiro atoms. The van der Waals surface area contributed by atoms with E-state index < -0.39 is 5.97 Å². The number of hydrogen-bond acceptors (Lipinski definition) is 5. The number of anilines is 1. The van der Waals surface area contributed by atoms with Crippen molar-refractivity contribution in [3.63, 3.8) is 0 Å². The van der Waals surface area contributed by atoms with E-state index in [9.17, 15) is 9.59 Å². The first-order valence-electron chi connectivity index (χ1n) is 6.68. The average molecular weight is 282 g/mol. The van der Waals surface area contributed by atoms with E-state index >= 15 is 0 Å². The lowest BCUT2D eigenvalue weighted by molar-refractivity contribution is -0.124. The van der Waals surface area contributed by atoms with Gasteiger partial charge in [0.05, 0.1) is 11.4 Å². The number of hydrogen-bond donors (Lipinski definition) is 2. The van der Waals surface area contributed by atoms with Gasteiger partial charge in [-0.1, -0.05) is 13.8 Å². The maximum atomic E-state index is 11.9. The maximum Gasteiger partial charge on any atom is 0.359 e. The summed E-state index contributed by atoms with van der Waals surface area (Å²) in [5.74, 6) is -0.972. The van der Waals surface area contributed by atoms with Crippen LogP contribution in [0.3, 0.4) is 0 Å². The molecule has 20 heavy (non-hydrogen) atoms. The summed E-state index contributed by atoms with van der Waals surface area (Å²) in [7, 11) is 1.62. The predicted octanol–water partition coefficient (Wildman–Crippen LogP) is 0.636. The Labute approximate surface area is 118 Å². The van der Waals surface area contributed by atoms with E-state index in [1.165, 1.54) is 4.68 Å². The molecule has 0 aromatic carbocycles. The summed E-state index contributed by atoms with van der Waals surface area (Å²) in [6.45, 7) is 5.41. The minimum absolute atomic E-state index is 0.0506. The van der Waals surface area contributed by atoms with Crippen molar-refractivity contribution in [1.29, 1.82) is 0 Å². The number of esters is 1. The molecule has 1 heterocycles. The van der Waals surface area contributed by atoms with Gasteiger partial charge in [0.2, 0.25) is 0 Å². The Bertz CT molecular complexity index is 496. The summed E-state index contributed by atoms with van der Waals surface area (Å²) in [6.07, 6.45) is 1.44. The molecule has 112 valence electrons. The molecule has 0 saturated carbocycles. The van der Waals surface area contributed by atoms with Crippen molar-refractivity contribution in [3.8, 4) is 0 Å². The fraction of sp³-hybridized carbons (Fsp3) is 0.615. The number of nitrogens with one attached hydrogen (secondary N) is 1. The van der Waals surface area contributed by atoms with Gasteiger partial charge in [0, 0.05) is 13.1 Å². The van der Waals surface area contributed by atoms with Crippen molar-refractivity contribution in [2.24, 2.45) is 7.05 Å². The van der Waals surface area contributed by atoms with E-state index in [4.69, 9.17) is 10.5 Å². The number of nitrogen functional groups attached to an aromatic ring is 1. The highest BCUT2D eigenvalue weighted by Gasteiger charge is 2.21. The first kappa shape index (κ1) is 16.0. The van der Waals surface area contributed by atoms with Crippen LogP contribution in [0.2, 0.25) is 0 Å². The number of ether oxygens (including phenoxy) is 1. The molecule has 3 N–H and O–H groups in total. The molecular weight excluding hydrogens is 260 g/mol. The topological polar surface area (TPSA) is 99.2 Å². The summed E-state index contributed by atoms with van der Waals surface area (Å²) in [5, 5.41) is 6.84. The highest BCUT2D eigenvalue weighted by Crippen LogP contribution is 2.17. The minimum atomic E-state index is -0.642. The number of nitrogens with zero attached hydrogens (tertiary/aromatic N) is 2. The van der Waals surface area contributed by atoms with Crippen molar-refractivity contribution in [3.05, 3.63) is 11.4 Å². The van der Waals surface area contributed by atoms with Crippen molar-refractivity contribution in [1.82, 2.24) is 15.1 Å². The van der Waals surface area contributed by atoms with Gasteiger partial charge in [-0.25, -0.2) is 4.79 Å². The van der Waals surface area contributed by atoms with Gasteiger partial charge in [0.25, 0.3) is 5.91 Å². The van der Waals surface area contributed by atoms with E-state index in [0.717, 1.165) is 6.42 Å². The summed E-state index contributed by atoms with van der Waals surface area (Å²) in [4.78, 5) is 23.5. The van der Waals surface area contributed by atoms with Crippen molar-refractivity contribution < 1.29 is 14.3 Å². The van der Waals surface area contributed by atoms with Crippen LogP contribution in [0.1, 0.15) is 43.4 Å². The van der Waals surface area contributed by atoms with Crippen LogP contribution in [0.5, 0.6) is 0 Å². The quantitative estimate of drug-likeness (QED) is 0.746. The van der Waals surface area contributed by atoms with Crippen LogP contribution in [0, 0.1) is 0 Å². The Morgan fingerprint density at radius 3 is 2.60 bits per heavy atom. The highest BCUT2D eigenvalue weighted by molar-refractivity contribution is 5.95. The summed E-state index contributed by atoms with van der Waals surface area (Å²) in [6, 6.07) is 0.0506. The molecule has 0 aliphatic rings. The van der Waals surface area contributed by atoms with Gasteiger partial charge >= 0.3 is 5.97 Å². The number of carbonyl (C=O) groups is 2. The maximum absolute atomic E-state index is 11.9. The second-order valence-corrected chi connectivity index (χ2v) is 4.64. The lowest BCUT2D eigenvalue weighted by Gasteiger charge is -2.11.